The van der Waals surface area contributed by atoms with Gasteiger partial charge in [-0.1, -0.05) is 44.2 Å². The van der Waals surface area contributed by atoms with Crippen LogP contribution in [0.15, 0.2) is 107 Å². The number of aliphatic imine (C=N–C) groups is 1. The molecule has 234 valence electrons. The first kappa shape index (κ1) is 32.2. The van der Waals surface area contributed by atoms with E-state index in [-0.39, 0.29) is 18.2 Å². The number of nitrogens with zero attached hydrogens (tertiary/aromatic N) is 3. The summed E-state index contributed by atoms with van der Waals surface area (Å²) in [7, 11) is 1.56. The van der Waals surface area contributed by atoms with Gasteiger partial charge in [0.15, 0.2) is 16.7 Å². The first-order valence-corrected chi connectivity index (χ1v) is 15.8. The number of carbonyl (C=O) groups is 1. The zero-order valence-electron chi connectivity index (χ0n) is 26.1. The Morgan fingerprint density at radius 1 is 0.935 bits per heavy atom. The number of hydrogen-bond donors (Lipinski definition) is 0. The fraction of sp³-hybridized carbons (Fsp3) is 0.189. The largest absolute Gasteiger partial charge is 0.493 e. The van der Waals surface area contributed by atoms with Crippen LogP contribution in [0.4, 0.5) is 17.1 Å². The average molecular weight is 634 g/mol. The quantitative estimate of drug-likeness (QED) is 0.0670. The third-order valence-corrected chi connectivity index (χ3v) is 8.51. The van der Waals surface area contributed by atoms with E-state index in [1.807, 2.05) is 54.6 Å². The molecule has 0 radical (unpaired) electrons. The van der Waals surface area contributed by atoms with E-state index in [2.05, 4.69) is 32.6 Å². The summed E-state index contributed by atoms with van der Waals surface area (Å²) in [5.74, 6) is 0.880. The maximum Gasteiger partial charge on any atom is 0.271 e. The van der Waals surface area contributed by atoms with Crippen LogP contribution in [-0.2, 0) is 30.7 Å². The summed E-state index contributed by atoms with van der Waals surface area (Å²) in [6, 6.07) is 26.0. The fourth-order valence-corrected chi connectivity index (χ4v) is 5.98. The summed E-state index contributed by atoms with van der Waals surface area (Å²) in [6.07, 6.45) is 5.96. The molecule has 1 amide bonds. The van der Waals surface area contributed by atoms with Crippen molar-refractivity contribution in [3.8, 4) is 11.5 Å². The molecule has 46 heavy (non-hydrogen) atoms. The molecule has 1 heterocycles. The molecule has 4 aromatic rings. The molecule has 0 aromatic heterocycles. The van der Waals surface area contributed by atoms with Gasteiger partial charge < -0.3 is 9.47 Å². The second-order valence-electron chi connectivity index (χ2n) is 10.6. The molecule has 8 nitrogen and oxygen atoms in total. The normalized spacial score (nSPS) is 14.6. The van der Waals surface area contributed by atoms with E-state index in [9.17, 15) is 14.9 Å². The van der Waals surface area contributed by atoms with Crippen molar-refractivity contribution >= 4 is 46.0 Å². The van der Waals surface area contributed by atoms with Gasteiger partial charge in [0.05, 0.1) is 28.3 Å². The summed E-state index contributed by atoms with van der Waals surface area (Å²) in [6.45, 7) is 8.30. The number of methoxy groups -OCH3 is 1. The van der Waals surface area contributed by atoms with Crippen LogP contribution in [0.3, 0.4) is 0 Å². The summed E-state index contributed by atoms with van der Waals surface area (Å²) < 4.78 is 11.9. The third-order valence-electron chi connectivity index (χ3n) is 7.54. The summed E-state index contributed by atoms with van der Waals surface area (Å²) in [5, 5.41) is 11.6. The molecule has 1 aliphatic rings. The predicted octanol–water partition coefficient (Wildman–Crippen LogP) is 8.84. The topological polar surface area (TPSA) is 94.3 Å². The van der Waals surface area contributed by atoms with Crippen LogP contribution < -0.4 is 14.4 Å². The lowest BCUT2D eigenvalue weighted by molar-refractivity contribution is -0.384. The van der Waals surface area contributed by atoms with Crippen molar-refractivity contribution in [1.29, 1.82) is 0 Å². The van der Waals surface area contributed by atoms with Crippen LogP contribution in [0, 0.1) is 10.1 Å². The van der Waals surface area contributed by atoms with Crippen molar-refractivity contribution < 1.29 is 19.2 Å². The first-order valence-electron chi connectivity index (χ1n) is 15.0. The van der Waals surface area contributed by atoms with E-state index in [0.717, 1.165) is 40.9 Å². The number of aryl methyl sites for hydroxylation is 2. The van der Waals surface area contributed by atoms with Crippen molar-refractivity contribution in [2.75, 3.05) is 12.0 Å². The highest BCUT2D eigenvalue weighted by molar-refractivity contribution is 8.19. The Bertz CT molecular complexity index is 1800. The summed E-state index contributed by atoms with van der Waals surface area (Å²) in [5.41, 5.74) is 6.32. The molecule has 9 heteroatoms. The van der Waals surface area contributed by atoms with Crippen LogP contribution >= 0.6 is 11.8 Å². The van der Waals surface area contributed by atoms with E-state index in [0.29, 0.717) is 28.0 Å². The number of benzene rings is 4. The van der Waals surface area contributed by atoms with Gasteiger partial charge in [-0.2, -0.15) is 0 Å². The number of non-ortho nitro benzene ring substituents is 1. The van der Waals surface area contributed by atoms with Gasteiger partial charge in [0.1, 0.15) is 6.61 Å². The van der Waals surface area contributed by atoms with Crippen molar-refractivity contribution in [2.24, 2.45) is 4.99 Å². The number of ether oxygens (including phenoxy) is 2. The van der Waals surface area contributed by atoms with Crippen molar-refractivity contribution in [3.63, 3.8) is 0 Å². The van der Waals surface area contributed by atoms with Crippen LogP contribution in [0.1, 0.15) is 41.7 Å². The van der Waals surface area contributed by atoms with Crippen LogP contribution in [0.5, 0.6) is 11.5 Å². The number of nitro benzene ring substituents is 1. The number of carbonyl (C=O) groups excluding carboxylic acids is 1. The van der Waals surface area contributed by atoms with Crippen LogP contribution in [0.25, 0.3) is 6.08 Å². The van der Waals surface area contributed by atoms with Gasteiger partial charge in [-0.25, -0.2) is 4.99 Å². The predicted molar refractivity (Wildman–Crippen MR) is 186 cm³/mol. The summed E-state index contributed by atoms with van der Waals surface area (Å²) >= 11 is 1.33. The lowest BCUT2D eigenvalue weighted by atomic mass is 10.0. The number of hydrogen-bond acceptors (Lipinski definition) is 7. The molecule has 1 saturated heterocycles. The molecule has 0 atom stereocenters. The minimum atomic E-state index is -0.434. The number of anilines is 1. The monoisotopic (exact) mass is 633 g/mol. The van der Waals surface area contributed by atoms with Gasteiger partial charge in [-0.15, -0.1) is 6.58 Å². The molecule has 4 aromatic carbocycles. The van der Waals surface area contributed by atoms with E-state index in [1.165, 1.54) is 35.0 Å². The highest BCUT2D eigenvalue weighted by Gasteiger charge is 2.35. The van der Waals surface area contributed by atoms with Crippen LogP contribution in [0.2, 0.25) is 0 Å². The highest BCUT2D eigenvalue weighted by Crippen LogP contribution is 2.40. The maximum atomic E-state index is 14.0. The maximum absolute atomic E-state index is 14.0. The Morgan fingerprint density at radius 3 is 2.15 bits per heavy atom. The SMILES string of the molecule is C=CCc1cc(/C=C2\SC(=Nc3ccc(CC)cc3)N(c3ccc(CC)cc3)C2=O)cc(OC)c1OCc1ccc([N+](=O)[O-])cc1. The molecule has 0 spiro atoms. The number of amidine groups is 1. The second-order valence-corrected chi connectivity index (χ2v) is 11.6. The lowest BCUT2D eigenvalue weighted by Gasteiger charge is -2.16. The highest BCUT2D eigenvalue weighted by atomic mass is 32.2. The standard InChI is InChI=1S/C37H35N3O5S/c1-5-8-29-21-28(22-33(44-4)35(29)45-24-27-13-19-32(20-14-27)40(42)43)23-34-36(41)39(31-17-11-26(7-3)12-18-31)37(46-34)38-30-15-9-25(6-2)10-16-30/h5,9-23H,1,6-8,24H2,2-4H3/b34-23-,38-37?. The second kappa shape index (κ2) is 14.8. The van der Waals surface area contributed by atoms with Gasteiger partial charge in [0.25, 0.3) is 11.6 Å². The minimum Gasteiger partial charge on any atom is -0.493 e. The molecule has 0 aliphatic carbocycles. The number of allylic oxidation sites excluding steroid dienone is 1. The Morgan fingerprint density at radius 2 is 1.57 bits per heavy atom. The zero-order valence-corrected chi connectivity index (χ0v) is 26.9. The van der Waals surface area contributed by atoms with E-state index in [1.54, 1.807) is 30.2 Å². The number of amides is 1. The van der Waals surface area contributed by atoms with Crippen molar-refractivity contribution in [3.05, 3.63) is 140 Å². The van der Waals surface area contributed by atoms with Gasteiger partial charge in [-0.05, 0) is 108 Å². The molecule has 0 unspecified atom stereocenters. The van der Waals surface area contributed by atoms with E-state index < -0.39 is 4.92 Å². The minimum absolute atomic E-state index is 0.0181. The number of rotatable bonds is 12. The third kappa shape index (κ3) is 7.38. The van der Waals surface area contributed by atoms with E-state index in [4.69, 9.17) is 14.5 Å². The Labute approximate surface area is 273 Å². The van der Waals surface area contributed by atoms with Crippen LogP contribution in [-0.4, -0.2) is 23.1 Å². The van der Waals surface area contributed by atoms with Crippen molar-refractivity contribution in [1.82, 2.24) is 0 Å². The molecular weight excluding hydrogens is 598 g/mol. The number of nitro groups is 1. The Hall–Kier alpha value is -5.15. The Kier molecular flexibility index (Phi) is 10.3. The van der Waals surface area contributed by atoms with Gasteiger partial charge >= 0.3 is 0 Å². The number of thioether (sulfide) groups is 1. The zero-order chi connectivity index (χ0) is 32.6. The average Bonchev–Trinajstić information content (AvgIpc) is 3.38. The lowest BCUT2D eigenvalue weighted by Crippen LogP contribution is -2.28. The first-order chi connectivity index (χ1) is 22.3. The molecule has 0 N–H and O–H groups in total. The molecule has 5 rings (SSSR count). The Balaban J connectivity index is 1.49. The van der Waals surface area contributed by atoms with Gasteiger partial charge in [-0.3, -0.25) is 19.8 Å². The molecule has 1 fully saturated rings. The molecule has 0 bridgehead atoms. The molecule has 0 saturated carbocycles. The van der Waals surface area contributed by atoms with Gasteiger partial charge in [0, 0.05) is 17.7 Å². The van der Waals surface area contributed by atoms with Crippen molar-refractivity contribution in [2.45, 2.75) is 39.7 Å². The summed E-state index contributed by atoms with van der Waals surface area (Å²) in [4.78, 5) is 31.6. The fourth-order valence-electron chi connectivity index (χ4n) is 4.98. The van der Waals surface area contributed by atoms with E-state index >= 15 is 0 Å². The molecular formula is C37H35N3O5S. The molecule has 1 aliphatic heterocycles. The smallest absolute Gasteiger partial charge is 0.271 e. The van der Waals surface area contributed by atoms with Gasteiger partial charge in [0.2, 0.25) is 0 Å².